The molecule has 1 saturated carbocycles. The van der Waals surface area contributed by atoms with Gasteiger partial charge in [0.25, 0.3) is 0 Å². The Hall–Kier alpha value is -1.39. The van der Waals surface area contributed by atoms with E-state index in [1.54, 1.807) is 0 Å². The predicted octanol–water partition coefficient (Wildman–Crippen LogP) is 3.26. The van der Waals surface area contributed by atoms with Gasteiger partial charge in [-0.25, -0.2) is 4.68 Å². The quantitative estimate of drug-likeness (QED) is 0.888. The third-order valence-electron chi connectivity index (χ3n) is 3.55. The molecular formula is C15H19ClN4. The normalized spacial score (nSPS) is 14.7. The largest absolute Gasteiger partial charge is 0.310 e. The molecule has 1 heterocycles. The minimum atomic E-state index is 0.682. The highest BCUT2D eigenvalue weighted by atomic mass is 35.5. The van der Waals surface area contributed by atoms with Crippen LogP contribution in [0.3, 0.4) is 0 Å². The zero-order chi connectivity index (χ0) is 13.9. The Balaban J connectivity index is 1.84. The highest BCUT2D eigenvalue weighted by molar-refractivity contribution is 6.31. The Kier molecular flexibility index (Phi) is 4.03. The van der Waals surface area contributed by atoms with E-state index in [2.05, 4.69) is 28.6 Å². The molecule has 1 aromatic carbocycles. The van der Waals surface area contributed by atoms with Gasteiger partial charge < -0.3 is 5.32 Å². The standard InChI is InChI=1S/C15H19ClN4/c1-2-7-20-15(10-18-19-20)11-3-6-14(16)12(8-11)9-17-13-4-5-13/h3,6,8,10,13,17H,2,4-5,7,9H2,1H3. The van der Waals surface area contributed by atoms with Gasteiger partial charge in [0.05, 0.1) is 11.9 Å². The van der Waals surface area contributed by atoms with Gasteiger partial charge in [0, 0.05) is 29.7 Å². The highest BCUT2D eigenvalue weighted by Gasteiger charge is 2.20. The smallest absolute Gasteiger partial charge is 0.0885 e. The van der Waals surface area contributed by atoms with Crippen molar-refractivity contribution in [2.75, 3.05) is 0 Å². The maximum atomic E-state index is 6.28. The maximum Gasteiger partial charge on any atom is 0.0885 e. The van der Waals surface area contributed by atoms with E-state index in [-0.39, 0.29) is 0 Å². The maximum absolute atomic E-state index is 6.28. The van der Waals surface area contributed by atoms with Crippen molar-refractivity contribution in [1.82, 2.24) is 20.3 Å². The number of hydrogen-bond donors (Lipinski definition) is 1. The van der Waals surface area contributed by atoms with E-state index in [4.69, 9.17) is 11.6 Å². The summed E-state index contributed by atoms with van der Waals surface area (Å²) in [6.45, 7) is 3.85. The number of rotatable bonds is 6. The van der Waals surface area contributed by atoms with Gasteiger partial charge >= 0.3 is 0 Å². The molecule has 0 saturated heterocycles. The summed E-state index contributed by atoms with van der Waals surface area (Å²) in [5, 5.41) is 12.5. The van der Waals surface area contributed by atoms with Crippen molar-refractivity contribution >= 4 is 11.6 Å². The van der Waals surface area contributed by atoms with Gasteiger partial charge in [0.2, 0.25) is 0 Å². The third-order valence-corrected chi connectivity index (χ3v) is 3.92. The monoisotopic (exact) mass is 290 g/mol. The van der Waals surface area contributed by atoms with E-state index in [0.29, 0.717) is 6.04 Å². The zero-order valence-corrected chi connectivity index (χ0v) is 12.4. The first-order valence-corrected chi connectivity index (χ1v) is 7.56. The van der Waals surface area contributed by atoms with Crippen LogP contribution in [0.4, 0.5) is 0 Å². The molecule has 0 spiro atoms. The third kappa shape index (κ3) is 3.02. The van der Waals surface area contributed by atoms with Crippen LogP contribution in [-0.2, 0) is 13.1 Å². The van der Waals surface area contributed by atoms with E-state index in [1.165, 1.54) is 12.8 Å². The van der Waals surface area contributed by atoms with Crippen LogP contribution in [0.5, 0.6) is 0 Å². The zero-order valence-electron chi connectivity index (χ0n) is 11.6. The number of aryl methyl sites for hydroxylation is 1. The van der Waals surface area contributed by atoms with Gasteiger partial charge in [-0.05, 0) is 37.0 Å². The molecule has 106 valence electrons. The van der Waals surface area contributed by atoms with Crippen LogP contribution in [0.25, 0.3) is 11.3 Å². The van der Waals surface area contributed by atoms with Crippen molar-refractivity contribution in [3.05, 3.63) is 35.0 Å². The van der Waals surface area contributed by atoms with Crippen LogP contribution in [0.2, 0.25) is 5.02 Å². The molecule has 20 heavy (non-hydrogen) atoms. The first-order chi connectivity index (χ1) is 9.78. The molecule has 2 aromatic rings. The molecule has 0 atom stereocenters. The summed E-state index contributed by atoms with van der Waals surface area (Å²) in [6.07, 6.45) is 5.42. The average molecular weight is 291 g/mol. The van der Waals surface area contributed by atoms with Crippen LogP contribution in [0.15, 0.2) is 24.4 Å². The summed E-state index contributed by atoms with van der Waals surface area (Å²) < 4.78 is 1.95. The van der Waals surface area contributed by atoms with Crippen LogP contribution >= 0.6 is 11.6 Å². The fourth-order valence-corrected chi connectivity index (χ4v) is 2.45. The van der Waals surface area contributed by atoms with Crippen LogP contribution < -0.4 is 5.32 Å². The molecule has 3 rings (SSSR count). The Morgan fingerprint density at radius 1 is 1.40 bits per heavy atom. The topological polar surface area (TPSA) is 42.7 Å². The second-order valence-electron chi connectivity index (χ2n) is 5.30. The molecule has 0 unspecified atom stereocenters. The molecule has 0 bridgehead atoms. The summed E-state index contributed by atoms with van der Waals surface area (Å²) in [7, 11) is 0. The number of benzene rings is 1. The minimum absolute atomic E-state index is 0.682. The second-order valence-corrected chi connectivity index (χ2v) is 5.71. The molecule has 1 aliphatic rings. The van der Waals surface area contributed by atoms with Gasteiger partial charge in [0.1, 0.15) is 0 Å². The van der Waals surface area contributed by atoms with E-state index >= 15 is 0 Å². The number of nitrogens with zero attached hydrogens (tertiary/aromatic N) is 3. The van der Waals surface area contributed by atoms with E-state index in [0.717, 1.165) is 41.4 Å². The lowest BCUT2D eigenvalue weighted by molar-refractivity contribution is 0.584. The number of aromatic nitrogens is 3. The van der Waals surface area contributed by atoms with Gasteiger partial charge in [-0.2, -0.15) is 0 Å². The molecule has 1 aliphatic carbocycles. The van der Waals surface area contributed by atoms with Crippen molar-refractivity contribution in [2.24, 2.45) is 0 Å². The minimum Gasteiger partial charge on any atom is -0.310 e. The number of hydrogen-bond acceptors (Lipinski definition) is 3. The first kappa shape index (κ1) is 13.6. The van der Waals surface area contributed by atoms with Crippen molar-refractivity contribution in [3.63, 3.8) is 0 Å². The summed E-state index contributed by atoms with van der Waals surface area (Å²) in [4.78, 5) is 0. The predicted molar refractivity (Wildman–Crippen MR) is 80.6 cm³/mol. The van der Waals surface area contributed by atoms with Gasteiger partial charge in [-0.1, -0.05) is 29.8 Å². The van der Waals surface area contributed by atoms with E-state index < -0.39 is 0 Å². The lowest BCUT2D eigenvalue weighted by Crippen LogP contribution is -2.15. The van der Waals surface area contributed by atoms with Crippen molar-refractivity contribution in [1.29, 1.82) is 0 Å². The average Bonchev–Trinajstić information content (AvgIpc) is 3.17. The van der Waals surface area contributed by atoms with Crippen LogP contribution in [0.1, 0.15) is 31.7 Å². The lowest BCUT2D eigenvalue weighted by Gasteiger charge is -2.09. The molecule has 1 aromatic heterocycles. The van der Waals surface area contributed by atoms with Gasteiger partial charge in [-0.15, -0.1) is 5.10 Å². The molecule has 1 N–H and O–H groups in total. The Morgan fingerprint density at radius 2 is 2.25 bits per heavy atom. The molecule has 0 amide bonds. The van der Waals surface area contributed by atoms with Crippen molar-refractivity contribution < 1.29 is 0 Å². The molecular weight excluding hydrogens is 272 g/mol. The first-order valence-electron chi connectivity index (χ1n) is 7.18. The van der Waals surface area contributed by atoms with E-state index in [9.17, 15) is 0 Å². The summed E-state index contributed by atoms with van der Waals surface area (Å²) in [6, 6.07) is 6.82. The second kappa shape index (κ2) is 5.94. The fourth-order valence-electron chi connectivity index (χ4n) is 2.27. The Morgan fingerprint density at radius 3 is 3.00 bits per heavy atom. The highest BCUT2D eigenvalue weighted by Crippen LogP contribution is 2.26. The Bertz CT molecular complexity index is 589. The SMILES string of the molecule is CCCn1nncc1-c1ccc(Cl)c(CNC2CC2)c1. The van der Waals surface area contributed by atoms with Crippen LogP contribution in [-0.4, -0.2) is 21.0 Å². The van der Waals surface area contributed by atoms with Gasteiger partial charge in [0.15, 0.2) is 0 Å². The van der Waals surface area contributed by atoms with Crippen LogP contribution in [0, 0.1) is 0 Å². The van der Waals surface area contributed by atoms with Gasteiger partial charge in [-0.3, -0.25) is 0 Å². The number of nitrogens with one attached hydrogen (secondary N) is 1. The Labute approximate surface area is 124 Å². The molecule has 1 fully saturated rings. The number of halogens is 1. The summed E-state index contributed by atoms with van der Waals surface area (Å²) in [5.74, 6) is 0. The summed E-state index contributed by atoms with van der Waals surface area (Å²) in [5.41, 5.74) is 3.32. The molecule has 0 aliphatic heterocycles. The van der Waals surface area contributed by atoms with E-state index in [1.807, 2.05) is 23.0 Å². The fraction of sp³-hybridized carbons (Fsp3) is 0.467. The molecule has 5 heteroatoms. The lowest BCUT2D eigenvalue weighted by atomic mass is 10.1. The van der Waals surface area contributed by atoms with Crippen molar-refractivity contribution in [3.8, 4) is 11.3 Å². The molecule has 4 nitrogen and oxygen atoms in total. The summed E-state index contributed by atoms with van der Waals surface area (Å²) >= 11 is 6.28. The van der Waals surface area contributed by atoms with Crippen molar-refractivity contribution in [2.45, 2.75) is 45.3 Å². The molecule has 0 radical (unpaired) electrons.